The molecule has 2 aromatic rings. The summed E-state index contributed by atoms with van der Waals surface area (Å²) in [4.78, 5) is 14.3. The minimum absolute atomic E-state index is 0.0209. The van der Waals surface area contributed by atoms with Crippen molar-refractivity contribution in [1.29, 1.82) is 0 Å². The molecule has 0 saturated heterocycles. The van der Waals surface area contributed by atoms with Gasteiger partial charge in [0.05, 0.1) is 12.7 Å². The molecule has 0 aliphatic heterocycles. The highest BCUT2D eigenvalue weighted by molar-refractivity contribution is 5.68. The number of nitrogens with one attached hydrogen (secondary N) is 1. The average molecular weight is 261 g/mol. The normalized spacial score (nSPS) is 12.5. The number of aromatic amines is 1. The van der Waals surface area contributed by atoms with Crippen molar-refractivity contribution in [1.82, 2.24) is 4.98 Å². The second-order valence-corrected chi connectivity index (χ2v) is 4.95. The fourth-order valence-electron chi connectivity index (χ4n) is 2.52. The van der Waals surface area contributed by atoms with Crippen LogP contribution in [0.25, 0.3) is 0 Å². The van der Waals surface area contributed by atoms with Gasteiger partial charge in [-0.3, -0.25) is 4.79 Å². The first kappa shape index (κ1) is 13.5. The monoisotopic (exact) mass is 261 g/mol. The van der Waals surface area contributed by atoms with Crippen LogP contribution in [-0.4, -0.2) is 16.1 Å². The van der Waals surface area contributed by atoms with Crippen molar-refractivity contribution in [3.05, 3.63) is 47.2 Å². The van der Waals surface area contributed by atoms with E-state index in [0.29, 0.717) is 0 Å². The van der Waals surface area contributed by atoms with Gasteiger partial charge >= 0.3 is 5.97 Å². The predicted octanol–water partition coefficient (Wildman–Crippen LogP) is 3.42. The molecule has 0 spiro atoms. The fourth-order valence-corrected chi connectivity index (χ4v) is 2.52. The molecule has 2 heterocycles. The minimum Gasteiger partial charge on any atom is -0.481 e. The van der Waals surface area contributed by atoms with E-state index in [1.807, 2.05) is 32.0 Å². The van der Waals surface area contributed by atoms with Crippen LogP contribution in [0, 0.1) is 13.8 Å². The van der Waals surface area contributed by atoms with Gasteiger partial charge in [-0.25, -0.2) is 0 Å². The van der Waals surface area contributed by atoms with Crippen LogP contribution >= 0.6 is 0 Å². The van der Waals surface area contributed by atoms with Crippen LogP contribution in [0.5, 0.6) is 0 Å². The van der Waals surface area contributed by atoms with Crippen LogP contribution in [0.2, 0.25) is 0 Å². The Morgan fingerprint density at radius 3 is 2.79 bits per heavy atom. The van der Waals surface area contributed by atoms with E-state index in [-0.39, 0.29) is 12.3 Å². The summed E-state index contributed by atoms with van der Waals surface area (Å²) in [5.74, 6) is 0.163. The molecule has 2 N–H and O–H groups in total. The van der Waals surface area contributed by atoms with E-state index in [4.69, 9.17) is 9.52 Å². The zero-order chi connectivity index (χ0) is 13.8. The molecule has 4 heteroatoms. The van der Waals surface area contributed by atoms with Gasteiger partial charge in [-0.2, -0.15) is 0 Å². The molecule has 0 bridgehead atoms. The van der Waals surface area contributed by atoms with Gasteiger partial charge in [0.25, 0.3) is 0 Å². The Kier molecular flexibility index (Phi) is 4.10. The van der Waals surface area contributed by atoms with E-state index < -0.39 is 5.97 Å². The van der Waals surface area contributed by atoms with E-state index in [9.17, 15) is 4.79 Å². The SMILES string of the molecule is Cc1cc(C(CCc2ccco2)CC(=O)O)c(C)[nH]1. The lowest BCUT2D eigenvalue weighted by Crippen LogP contribution is -2.08. The second kappa shape index (κ2) is 5.78. The Morgan fingerprint density at radius 1 is 1.47 bits per heavy atom. The van der Waals surface area contributed by atoms with E-state index in [1.54, 1.807) is 6.26 Å². The number of carboxylic acid groups (broad SMARTS) is 1. The van der Waals surface area contributed by atoms with Gasteiger partial charge in [-0.15, -0.1) is 0 Å². The second-order valence-electron chi connectivity index (χ2n) is 4.95. The zero-order valence-electron chi connectivity index (χ0n) is 11.3. The Hall–Kier alpha value is -1.97. The summed E-state index contributed by atoms with van der Waals surface area (Å²) in [6, 6.07) is 5.82. The maximum absolute atomic E-state index is 11.0. The van der Waals surface area contributed by atoms with Crippen LogP contribution in [-0.2, 0) is 11.2 Å². The number of hydrogen-bond donors (Lipinski definition) is 2. The summed E-state index contributed by atoms with van der Waals surface area (Å²) >= 11 is 0. The van der Waals surface area contributed by atoms with E-state index in [1.165, 1.54) is 0 Å². The molecule has 0 aliphatic rings. The summed E-state index contributed by atoms with van der Waals surface area (Å²) in [6.07, 6.45) is 3.33. The number of furan rings is 1. The lowest BCUT2D eigenvalue weighted by molar-refractivity contribution is -0.137. The number of rotatable bonds is 6. The molecule has 2 aromatic heterocycles. The van der Waals surface area contributed by atoms with Crippen LogP contribution in [0.1, 0.15) is 41.5 Å². The van der Waals surface area contributed by atoms with Crippen molar-refractivity contribution in [2.75, 3.05) is 0 Å². The lowest BCUT2D eigenvalue weighted by atomic mass is 9.91. The van der Waals surface area contributed by atoms with E-state index in [2.05, 4.69) is 4.98 Å². The van der Waals surface area contributed by atoms with Crippen molar-refractivity contribution in [3.63, 3.8) is 0 Å². The molecular formula is C15H19NO3. The topological polar surface area (TPSA) is 66.2 Å². The highest BCUT2D eigenvalue weighted by atomic mass is 16.4. The first-order chi connectivity index (χ1) is 9.06. The third-order valence-corrected chi connectivity index (χ3v) is 3.37. The van der Waals surface area contributed by atoms with E-state index >= 15 is 0 Å². The summed E-state index contributed by atoms with van der Waals surface area (Å²) in [5, 5.41) is 9.07. The maximum atomic E-state index is 11.0. The van der Waals surface area contributed by atoms with Crippen LogP contribution < -0.4 is 0 Å². The van der Waals surface area contributed by atoms with Gasteiger partial charge in [0.15, 0.2) is 0 Å². The van der Waals surface area contributed by atoms with Gasteiger partial charge in [-0.05, 0) is 49.9 Å². The summed E-state index contributed by atoms with van der Waals surface area (Å²) in [7, 11) is 0. The number of hydrogen-bond acceptors (Lipinski definition) is 2. The van der Waals surface area contributed by atoms with Gasteiger partial charge in [0.2, 0.25) is 0 Å². The third kappa shape index (κ3) is 3.50. The van der Waals surface area contributed by atoms with Crippen LogP contribution in [0.15, 0.2) is 28.9 Å². The molecule has 0 aliphatic carbocycles. The Morgan fingerprint density at radius 2 is 2.26 bits per heavy atom. The largest absolute Gasteiger partial charge is 0.481 e. The van der Waals surface area contributed by atoms with Gasteiger partial charge in [-0.1, -0.05) is 0 Å². The Bertz CT molecular complexity index is 540. The first-order valence-corrected chi connectivity index (χ1v) is 6.46. The summed E-state index contributed by atoms with van der Waals surface area (Å²) < 4.78 is 5.30. The molecule has 0 amide bonds. The zero-order valence-corrected chi connectivity index (χ0v) is 11.3. The molecule has 0 saturated carbocycles. The summed E-state index contributed by atoms with van der Waals surface area (Å²) in [6.45, 7) is 3.98. The van der Waals surface area contributed by atoms with Crippen molar-refractivity contribution < 1.29 is 14.3 Å². The van der Waals surface area contributed by atoms with Crippen LogP contribution in [0.4, 0.5) is 0 Å². The van der Waals surface area contributed by atoms with Crippen molar-refractivity contribution in [2.45, 2.75) is 39.0 Å². The smallest absolute Gasteiger partial charge is 0.303 e. The molecule has 4 nitrogen and oxygen atoms in total. The molecule has 0 aromatic carbocycles. The predicted molar refractivity (Wildman–Crippen MR) is 72.3 cm³/mol. The average Bonchev–Trinajstić information content (AvgIpc) is 2.94. The Labute approximate surface area is 112 Å². The highest BCUT2D eigenvalue weighted by Crippen LogP contribution is 2.28. The molecular weight excluding hydrogens is 242 g/mol. The quantitative estimate of drug-likeness (QED) is 0.837. The molecule has 1 unspecified atom stereocenters. The highest BCUT2D eigenvalue weighted by Gasteiger charge is 2.19. The summed E-state index contributed by atoms with van der Waals surface area (Å²) in [5.41, 5.74) is 3.23. The Balaban J connectivity index is 2.11. The molecule has 0 fully saturated rings. The van der Waals surface area contributed by atoms with Gasteiger partial charge < -0.3 is 14.5 Å². The van der Waals surface area contributed by atoms with Crippen molar-refractivity contribution >= 4 is 5.97 Å². The van der Waals surface area contributed by atoms with E-state index in [0.717, 1.165) is 35.6 Å². The third-order valence-electron chi connectivity index (χ3n) is 3.37. The number of H-pyrrole nitrogens is 1. The standard InChI is InChI=1S/C15H19NO3/c1-10-8-14(11(2)16-10)12(9-15(17)18)5-6-13-4-3-7-19-13/h3-4,7-8,12,16H,5-6,9H2,1-2H3,(H,17,18). The molecule has 102 valence electrons. The molecule has 19 heavy (non-hydrogen) atoms. The fraction of sp³-hybridized carbons (Fsp3) is 0.400. The van der Waals surface area contributed by atoms with Gasteiger partial charge in [0, 0.05) is 17.8 Å². The van der Waals surface area contributed by atoms with Crippen molar-refractivity contribution in [2.24, 2.45) is 0 Å². The number of aliphatic carboxylic acids is 1. The molecule has 1 atom stereocenters. The van der Waals surface area contributed by atoms with Crippen LogP contribution in [0.3, 0.4) is 0 Å². The lowest BCUT2D eigenvalue weighted by Gasteiger charge is -2.14. The number of carboxylic acids is 1. The number of aryl methyl sites for hydroxylation is 3. The molecule has 0 radical (unpaired) electrons. The first-order valence-electron chi connectivity index (χ1n) is 6.46. The number of aromatic nitrogens is 1. The van der Waals surface area contributed by atoms with Gasteiger partial charge in [0.1, 0.15) is 5.76 Å². The number of carbonyl (C=O) groups is 1. The molecule has 2 rings (SSSR count). The minimum atomic E-state index is -0.761. The maximum Gasteiger partial charge on any atom is 0.303 e. The van der Waals surface area contributed by atoms with Crippen molar-refractivity contribution in [3.8, 4) is 0 Å².